The van der Waals surface area contributed by atoms with Crippen LogP contribution in [0, 0.1) is 6.92 Å². The third kappa shape index (κ3) is 1.53. The normalized spacial score (nSPS) is 9.73. The van der Waals surface area contributed by atoms with E-state index >= 15 is 0 Å². The Balaban J connectivity index is 3.13. The van der Waals surface area contributed by atoms with E-state index < -0.39 is 0 Å². The van der Waals surface area contributed by atoms with E-state index in [-0.39, 0.29) is 0 Å². The van der Waals surface area contributed by atoms with Crippen molar-refractivity contribution in [1.29, 1.82) is 0 Å². The van der Waals surface area contributed by atoms with Crippen LogP contribution in [0.2, 0.25) is 0 Å². The van der Waals surface area contributed by atoms with Crippen molar-refractivity contribution >= 4 is 0 Å². The molecule has 0 bridgehead atoms. The van der Waals surface area contributed by atoms with Crippen molar-refractivity contribution in [3.63, 3.8) is 0 Å². The minimum Gasteiger partial charge on any atom is -0.496 e. The highest BCUT2D eigenvalue weighted by Gasteiger charge is 2.01. The molecule has 0 N–H and O–H groups in total. The first-order valence-corrected chi connectivity index (χ1v) is 3.92. The highest BCUT2D eigenvalue weighted by molar-refractivity contribution is 5.40. The van der Waals surface area contributed by atoms with Crippen LogP contribution in [0.4, 0.5) is 0 Å². The van der Waals surface area contributed by atoms with Gasteiger partial charge in [0.25, 0.3) is 0 Å². The largest absolute Gasteiger partial charge is 0.496 e. The van der Waals surface area contributed by atoms with Crippen LogP contribution in [0.25, 0.3) is 0 Å². The molecule has 1 aromatic rings. The first-order chi connectivity index (χ1) is 5.29. The number of aryl methyl sites for hydroxylation is 2. The van der Waals surface area contributed by atoms with E-state index in [0.29, 0.717) is 0 Å². The smallest absolute Gasteiger partial charge is 0.124 e. The van der Waals surface area contributed by atoms with E-state index in [1.807, 2.05) is 0 Å². The number of hydrogen-bond donors (Lipinski definition) is 0. The van der Waals surface area contributed by atoms with Gasteiger partial charge in [-0.1, -0.05) is 25.1 Å². The van der Waals surface area contributed by atoms with Crippen LogP contribution in [0.5, 0.6) is 5.75 Å². The molecule has 1 rings (SSSR count). The fraction of sp³-hybridized carbons (Fsp3) is 0.400. The standard InChI is InChI=1S/C10H14O/c1-4-9-7-5-6-8(2)10(9)11-3/h5-7H,4H2,1-3H3. The molecule has 0 fully saturated rings. The molecule has 0 aliphatic rings. The fourth-order valence-electron chi connectivity index (χ4n) is 1.28. The predicted octanol–water partition coefficient (Wildman–Crippen LogP) is 2.57. The number of rotatable bonds is 2. The lowest BCUT2D eigenvalue weighted by molar-refractivity contribution is 0.407. The van der Waals surface area contributed by atoms with Crippen LogP contribution >= 0.6 is 0 Å². The molecule has 0 unspecified atom stereocenters. The van der Waals surface area contributed by atoms with Gasteiger partial charge in [0.05, 0.1) is 7.11 Å². The third-order valence-corrected chi connectivity index (χ3v) is 1.88. The van der Waals surface area contributed by atoms with Gasteiger partial charge >= 0.3 is 0 Å². The van der Waals surface area contributed by atoms with Crippen LogP contribution < -0.4 is 4.74 Å². The summed E-state index contributed by atoms with van der Waals surface area (Å²) in [5.41, 5.74) is 2.50. The highest BCUT2D eigenvalue weighted by atomic mass is 16.5. The lowest BCUT2D eigenvalue weighted by atomic mass is 10.1. The van der Waals surface area contributed by atoms with E-state index in [0.717, 1.165) is 12.2 Å². The van der Waals surface area contributed by atoms with Gasteiger partial charge < -0.3 is 4.74 Å². The Labute approximate surface area is 68.0 Å². The third-order valence-electron chi connectivity index (χ3n) is 1.88. The van der Waals surface area contributed by atoms with Crippen molar-refractivity contribution < 1.29 is 4.74 Å². The van der Waals surface area contributed by atoms with Crippen LogP contribution in [-0.2, 0) is 6.42 Å². The number of para-hydroxylation sites is 1. The molecule has 0 spiro atoms. The highest BCUT2D eigenvalue weighted by Crippen LogP contribution is 2.22. The molecular weight excluding hydrogens is 136 g/mol. The van der Waals surface area contributed by atoms with Gasteiger partial charge in [-0.3, -0.25) is 0 Å². The van der Waals surface area contributed by atoms with Gasteiger partial charge in [0.2, 0.25) is 0 Å². The molecule has 1 aromatic carbocycles. The molecule has 60 valence electrons. The van der Waals surface area contributed by atoms with Gasteiger partial charge in [0, 0.05) is 0 Å². The first kappa shape index (κ1) is 8.12. The average Bonchev–Trinajstić information content (AvgIpc) is 2.04. The molecule has 0 aliphatic carbocycles. The number of methoxy groups -OCH3 is 1. The summed E-state index contributed by atoms with van der Waals surface area (Å²) in [5, 5.41) is 0. The minimum absolute atomic E-state index is 1.03. The summed E-state index contributed by atoms with van der Waals surface area (Å²) in [7, 11) is 1.72. The van der Waals surface area contributed by atoms with Crippen molar-refractivity contribution in [2.24, 2.45) is 0 Å². The number of benzene rings is 1. The number of ether oxygens (including phenoxy) is 1. The molecule has 0 atom stereocenters. The predicted molar refractivity (Wildman–Crippen MR) is 47.1 cm³/mol. The Morgan fingerprint density at radius 1 is 1.36 bits per heavy atom. The molecule has 1 nitrogen and oxygen atoms in total. The van der Waals surface area contributed by atoms with E-state index in [9.17, 15) is 0 Å². The van der Waals surface area contributed by atoms with E-state index in [1.165, 1.54) is 11.1 Å². The SMILES string of the molecule is CCc1cccc(C)c1OC. The van der Waals surface area contributed by atoms with Gasteiger partial charge in [0.15, 0.2) is 0 Å². The van der Waals surface area contributed by atoms with Crippen molar-refractivity contribution in [2.75, 3.05) is 7.11 Å². The van der Waals surface area contributed by atoms with Crippen molar-refractivity contribution in [3.05, 3.63) is 29.3 Å². The first-order valence-electron chi connectivity index (χ1n) is 3.92. The summed E-state index contributed by atoms with van der Waals surface area (Å²) in [6, 6.07) is 6.24. The van der Waals surface area contributed by atoms with Gasteiger partial charge in [-0.15, -0.1) is 0 Å². The quantitative estimate of drug-likeness (QED) is 0.629. The summed E-state index contributed by atoms with van der Waals surface area (Å²) in [4.78, 5) is 0. The second-order valence-electron chi connectivity index (χ2n) is 2.62. The molecule has 1 heteroatoms. The van der Waals surface area contributed by atoms with E-state index in [1.54, 1.807) is 7.11 Å². The van der Waals surface area contributed by atoms with Crippen molar-refractivity contribution in [1.82, 2.24) is 0 Å². The Morgan fingerprint density at radius 3 is 2.55 bits per heavy atom. The van der Waals surface area contributed by atoms with Gasteiger partial charge in [0.1, 0.15) is 5.75 Å². The monoisotopic (exact) mass is 150 g/mol. The topological polar surface area (TPSA) is 9.23 Å². The Bertz CT molecular complexity index is 241. The summed E-state index contributed by atoms with van der Waals surface area (Å²) in [6.07, 6.45) is 1.03. The molecule has 0 heterocycles. The molecule has 0 saturated carbocycles. The molecule has 0 radical (unpaired) electrons. The van der Waals surface area contributed by atoms with Crippen molar-refractivity contribution in [2.45, 2.75) is 20.3 Å². The van der Waals surface area contributed by atoms with Crippen molar-refractivity contribution in [3.8, 4) is 5.75 Å². The van der Waals surface area contributed by atoms with Crippen LogP contribution in [0.1, 0.15) is 18.1 Å². The Morgan fingerprint density at radius 2 is 2.09 bits per heavy atom. The lowest BCUT2D eigenvalue weighted by Crippen LogP contribution is -1.92. The number of hydrogen-bond acceptors (Lipinski definition) is 1. The molecule has 11 heavy (non-hydrogen) atoms. The Hall–Kier alpha value is -0.980. The zero-order valence-electron chi connectivity index (χ0n) is 7.35. The van der Waals surface area contributed by atoms with Crippen LogP contribution in [0.3, 0.4) is 0 Å². The molecule has 0 amide bonds. The summed E-state index contributed by atoms with van der Waals surface area (Å²) >= 11 is 0. The zero-order valence-corrected chi connectivity index (χ0v) is 7.35. The van der Waals surface area contributed by atoms with Gasteiger partial charge in [-0.05, 0) is 24.5 Å². The van der Waals surface area contributed by atoms with Gasteiger partial charge in [-0.25, -0.2) is 0 Å². The summed E-state index contributed by atoms with van der Waals surface area (Å²) < 4.78 is 5.27. The Kier molecular flexibility index (Phi) is 2.53. The zero-order chi connectivity index (χ0) is 8.27. The van der Waals surface area contributed by atoms with Gasteiger partial charge in [-0.2, -0.15) is 0 Å². The van der Waals surface area contributed by atoms with E-state index in [4.69, 9.17) is 4.74 Å². The average molecular weight is 150 g/mol. The maximum Gasteiger partial charge on any atom is 0.124 e. The molecule has 0 saturated heterocycles. The molecule has 0 aromatic heterocycles. The van der Waals surface area contributed by atoms with Crippen LogP contribution in [-0.4, -0.2) is 7.11 Å². The second kappa shape index (κ2) is 3.42. The molecular formula is C10H14O. The summed E-state index contributed by atoms with van der Waals surface area (Å²) in [5.74, 6) is 1.04. The molecule has 0 aliphatic heterocycles. The van der Waals surface area contributed by atoms with Crippen LogP contribution in [0.15, 0.2) is 18.2 Å². The maximum absolute atomic E-state index is 5.27. The second-order valence-corrected chi connectivity index (χ2v) is 2.62. The van der Waals surface area contributed by atoms with E-state index in [2.05, 4.69) is 32.0 Å². The summed E-state index contributed by atoms with van der Waals surface area (Å²) in [6.45, 7) is 4.20. The lowest BCUT2D eigenvalue weighted by Gasteiger charge is -2.08. The maximum atomic E-state index is 5.27. The fourth-order valence-corrected chi connectivity index (χ4v) is 1.28. The minimum atomic E-state index is 1.03.